The molecule has 1 unspecified atom stereocenters. The number of rotatable bonds is 1. The van der Waals surface area contributed by atoms with Crippen molar-refractivity contribution in [1.29, 1.82) is 0 Å². The molecule has 0 saturated heterocycles. The quantitative estimate of drug-likeness (QED) is 0.778. The van der Waals surface area contributed by atoms with Gasteiger partial charge in [0.1, 0.15) is 6.61 Å². The minimum atomic E-state index is -4.32. The molecule has 0 fully saturated rings. The minimum Gasteiger partial charge on any atom is -0.485 e. The molecule has 2 aromatic rings. The number of fused-ring (bicyclic) bond motifs is 1. The zero-order chi connectivity index (χ0) is 14.2. The normalized spacial score (nSPS) is 17.9. The molecule has 2 aromatic carbocycles. The molecule has 5 heteroatoms. The Morgan fingerprint density at radius 2 is 1.55 bits per heavy atom. The van der Waals surface area contributed by atoms with Crippen molar-refractivity contribution >= 4 is 0 Å². The van der Waals surface area contributed by atoms with Gasteiger partial charge < -0.3 is 9.47 Å². The Balaban J connectivity index is 1.81. The monoisotopic (exact) mass is 280 g/mol. The molecule has 1 aliphatic rings. The van der Waals surface area contributed by atoms with Crippen LogP contribution in [0.4, 0.5) is 13.2 Å². The Hall–Kier alpha value is -2.17. The maximum absolute atomic E-state index is 12.5. The molecule has 0 radical (unpaired) electrons. The van der Waals surface area contributed by atoms with Gasteiger partial charge in [-0.25, -0.2) is 0 Å². The van der Waals surface area contributed by atoms with Crippen LogP contribution in [0.15, 0.2) is 48.5 Å². The highest BCUT2D eigenvalue weighted by molar-refractivity contribution is 5.41. The van der Waals surface area contributed by atoms with Gasteiger partial charge in [-0.05, 0) is 29.8 Å². The van der Waals surface area contributed by atoms with E-state index in [1.165, 1.54) is 12.1 Å². The number of para-hydroxylation sites is 2. The molecule has 20 heavy (non-hydrogen) atoms. The number of ether oxygens (including phenoxy) is 2. The van der Waals surface area contributed by atoms with Crippen molar-refractivity contribution < 1.29 is 22.6 Å². The molecule has 1 atom stereocenters. The predicted octanol–water partition coefficient (Wildman–Crippen LogP) is 4.22. The van der Waals surface area contributed by atoms with E-state index in [2.05, 4.69) is 0 Å². The SMILES string of the molecule is FC(F)(F)c1ccc(C2COc3ccccc3O2)cc1. The molecule has 104 valence electrons. The molecule has 0 spiro atoms. The van der Waals surface area contributed by atoms with Crippen molar-refractivity contribution in [2.24, 2.45) is 0 Å². The highest BCUT2D eigenvalue weighted by atomic mass is 19.4. The lowest BCUT2D eigenvalue weighted by Gasteiger charge is -2.26. The van der Waals surface area contributed by atoms with E-state index in [9.17, 15) is 13.2 Å². The molecule has 0 aliphatic carbocycles. The highest BCUT2D eigenvalue weighted by Gasteiger charge is 2.30. The lowest BCUT2D eigenvalue weighted by Crippen LogP contribution is -2.21. The summed E-state index contributed by atoms with van der Waals surface area (Å²) in [6.07, 6.45) is -4.72. The Kier molecular flexibility index (Phi) is 3.04. The summed E-state index contributed by atoms with van der Waals surface area (Å²) in [4.78, 5) is 0. The second-order valence-corrected chi connectivity index (χ2v) is 4.48. The van der Waals surface area contributed by atoms with E-state index in [0.717, 1.165) is 12.1 Å². The number of alkyl halides is 3. The summed E-state index contributed by atoms with van der Waals surface area (Å²) >= 11 is 0. The fourth-order valence-electron chi connectivity index (χ4n) is 2.07. The Bertz CT molecular complexity index is 605. The third-order valence-corrected chi connectivity index (χ3v) is 3.12. The summed E-state index contributed by atoms with van der Waals surface area (Å²) < 4.78 is 48.8. The lowest BCUT2D eigenvalue weighted by molar-refractivity contribution is -0.137. The summed E-state index contributed by atoms with van der Waals surface area (Å²) in [5.74, 6) is 1.25. The van der Waals surface area contributed by atoms with Gasteiger partial charge in [0, 0.05) is 0 Å². The van der Waals surface area contributed by atoms with Gasteiger partial charge in [-0.3, -0.25) is 0 Å². The Labute approximate surface area is 113 Å². The topological polar surface area (TPSA) is 18.5 Å². The van der Waals surface area contributed by atoms with Gasteiger partial charge in [0.05, 0.1) is 5.56 Å². The van der Waals surface area contributed by atoms with Crippen LogP contribution >= 0.6 is 0 Å². The smallest absolute Gasteiger partial charge is 0.416 e. The van der Waals surface area contributed by atoms with E-state index in [-0.39, 0.29) is 6.61 Å². The maximum atomic E-state index is 12.5. The van der Waals surface area contributed by atoms with Crippen LogP contribution in [-0.2, 0) is 6.18 Å². The van der Waals surface area contributed by atoms with Gasteiger partial charge in [-0.15, -0.1) is 0 Å². The summed E-state index contributed by atoms with van der Waals surface area (Å²) in [5.41, 5.74) is -0.00844. The first kappa shape index (κ1) is 12.8. The molecule has 0 aromatic heterocycles. The lowest BCUT2D eigenvalue weighted by atomic mass is 10.1. The molecule has 1 heterocycles. The average Bonchev–Trinajstić information content (AvgIpc) is 2.46. The fourth-order valence-corrected chi connectivity index (χ4v) is 2.07. The molecule has 2 nitrogen and oxygen atoms in total. The zero-order valence-corrected chi connectivity index (χ0v) is 10.4. The van der Waals surface area contributed by atoms with Gasteiger partial charge in [0.2, 0.25) is 0 Å². The number of hydrogen-bond acceptors (Lipinski definition) is 2. The summed E-state index contributed by atoms with van der Waals surface area (Å²) in [6.45, 7) is 0.280. The third kappa shape index (κ3) is 2.43. The summed E-state index contributed by atoms with van der Waals surface area (Å²) in [6, 6.07) is 12.2. The molecular weight excluding hydrogens is 269 g/mol. The van der Waals surface area contributed by atoms with Crippen LogP contribution in [0.2, 0.25) is 0 Å². The van der Waals surface area contributed by atoms with Crippen LogP contribution in [0.3, 0.4) is 0 Å². The number of benzene rings is 2. The molecule has 0 N–H and O–H groups in total. The molecular formula is C15H11F3O2. The zero-order valence-electron chi connectivity index (χ0n) is 10.4. The molecule has 0 bridgehead atoms. The van der Waals surface area contributed by atoms with Crippen molar-refractivity contribution in [3.63, 3.8) is 0 Å². The molecule has 1 aliphatic heterocycles. The van der Waals surface area contributed by atoms with E-state index in [1.54, 1.807) is 12.1 Å². The Morgan fingerprint density at radius 3 is 2.20 bits per heavy atom. The van der Waals surface area contributed by atoms with Crippen molar-refractivity contribution in [1.82, 2.24) is 0 Å². The first-order chi connectivity index (χ1) is 9.54. The van der Waals surface area contributed by atoms with Gasteiger partial charge in [0.25, 0.3) is 0 Å². The van der Waals surface area contributed by atoms with Gasteiger partial charge >= 0.3 is 6.18 Å². The number of halogens is 3. The van der Waals surface area contributed by atoms with Crippen molar-refractivity contribution in [2.45, 2.75) is 12.3 Å². The van der Waals surface area contributed by atoms with Crippen LogP contribution in [0, 0.1) is 0 Å². The van der Waals surface area contributed by atoms with E-state index in [0.29, 0.717) is 17.1 Å². The van der Waals surface area contributed by atoms with Crippen molar-refractivity contribution in [3.05, 3.63) is 59.7 Å². The molecule has 0 amide bonds. The van der Waals surface area contributed by atoms with Crippen LogP contribution in [0.5, 0.6) is 11.5 Å². The third-order valence-electron chi connectivity index (χ3n) is 3.12. The van der Waals surface area contributed by atoms with Gasteiger partial charge in [-0.2, -0.15) is 13.2 Å². The molecule has 3 rings (SSSR count). The summed E-state index contributed by atoms with van der Waals surface area (Å²) in [7, 11) is 0. The van der Waals surface area contributed by atoms with Crippen LogP contribution in [-0.4, -0.2) is 6.61 Å². The summed E-state index contributed by atoms with van der Waals surface area (Å²) in [5, 5.41) is 0. The van der Waals surface area contributed by atoms with Crippen molar-refractivity contribution in [3.8, 4) is 11.5 Å². The minimum absolute atomic E-state index is 0.280. The first-order valence-corrected chi connectivity index (χ1v) is 6.10. The fraction of sp³-hybridized carbons (Fsp3) is 0.200. The second kappa shape index (κ2) is 4.74. The number of hydrogen-bond donors (Lipinski definition) is 0. The van der Waals surface area contributed by atoms with Crippen LogP contribution < -0.4 is 9.47 Å². The van der Waals surface area contributed by atoms with Crippen LogP contribution in [0.25, 0.3) is 0 Å². The Morgan fingerprint density at radius 1 is 0.900 bits per heavy atom. The van der Waals surface area contributed by atoms with Gasteiger partial charge in [-0.1, -0.05) is 24.3 Å². The van der Waals surface area contributed by atoms with E-state index < -0.39 is 17.8 Å². The van der Waals surface area contributed by atoms with E-state index in [4.69, 9.17) is 9.47 Å². The van der Waals surface area contributed by atoms with E-state index in [1.807, 2.05) is 12.1 Å². The molecule has 0 saturated carbocycles. The largest absolute Gasteiger partial charge is 0.485 e. The van der Waals surface area contributed by atoms with Gasteiger partial charge in [0.15, 0.2) is 17.6 Å². The first-order valence-electron chi connectivity index (χ1n) is 6.10. The standard InChI is InChI=1S/C15H11F3O2/c16-15(17,18)11-7-5-10(6-8-11)14-9-19-12-3-1-2-4-13(12)20-14/h1-8,14H,9H2. The average molecular weight is 280 g/mol. The maximum Gasteiger partial charge on any atom is 0.416 e. The van der Waals surface area contributed by atoms with Crippen LogP contribution in [0.1, 0.15) is 17.2 Å². The van der Waals surface area contributed by atoms with Crippen molar-refractivity contribution in [2.75, 3.05) is 6.61 Å². The highest BCUT2D eigenvalue weighted by Crippen LogP contribution is 2.36. The second-order valence-electron chi connectivity index (χ2n) is 4.48. The predicted molar refractivity (Wildman–Crippen MR) is 66.8 cm³/mol. The van der Waals surface area contributed by atoms with E-state index >= 15 is 0 Å².